The molecular weight excluding hydrogens is 342 g/mol. The molecule has 2 aromatic heterocycles. The fourth-order valence-corrected chi connectivity index (χ4v) is 3.36. The third-order valence-electron chi connectivity index (χ3n) is 4.85. The molecule has 0 bridgehead atoms. The highest BCUT2D eigenvalue weighted by molar-refractivity contribution is 6.04. The van der Waals surface area contributed by atoms with E-state index in [0.29, 0.717) is 16.9 Å². The van der Waals surface area contributed by atoms with Gasteiger partial charge < -0.3 is 20.1 Å². The van der Waals surface area contributed by atoms with Crippen LogP contribution in [0.15, 0.2) is 53.5 Å². The SMILES string of the molecule is Cn1c(C(=O)Nc2cc(N3CCNCC3)ccn2)cc2ccccc2c1=O. The van der Waals surface area contributed by atoms with Crippen molar-refractivity contribution in [1.82, 2.24) is 14.9 Å². The Morgan fingerprint density at radius 1 is 1.15 bits per heavy atom. The summed E-state index contributed by atoms with van der Waals surface area (Å²) in [5.41, 5.74) is 1.13. The first kappa shape index (κ1) is 17.2. The maximum absolute atomic E-state index is 12.8. The molecule has 3 heterocycles. The molecule has 7 heteroatoms. The van der Waals surface area contributed by atoms with E-state index in [9.17, 15) is 9.59 Å². The lowest BCUT2D eigenvalue weighted by atomic mass is 10.1. The second-order valence-corrected chi connectivity index (χ2v) is 6.57. The molecule has 0 unspecified atom stereocenters. The van der Waals surface area contributed by atoms with Crippen molar-refractivity contribution in [2.24, 2.45) is 7.05 Å². The molecule has 7 nitrogen and oxygen atoms in total. The molecule has 0 atom stereocenters. The number of nitrogens with one attached hydrogen (secondary N) is 2. The lowest BCUT2D eigenvalue weighted by Crippen LogP contribution is -2.43. The van der Waals surface area contributed by atoms with E-state index in [2.05, 4.69) is 20.5 Å². The summed E-state index contributed by atoms with van der Waals surface area (Å²) in [7, 11) is 1.61. The van der Waals surface area contributed by atoms with Crippen molar-refractivity contribution in [3.05, 3.63) is 64.7 Å². The molecule has 0 saturated carbocycles. The third kappa shape index (κ3) is 3.41. The average molecular weight is 363 g/mol. The number of rotatable bonds is 3. The topological polar surface area (TPSA) is 79.3 Å². The average Bonchev–Trinajstić information content (AvgIpc) is 2.71. The summed E-state index contributed by atoms with van der Waals surface area (Å²) in [6.07, 6.45) is 1.69. The van der Waals surface area contributed by atoms with E-state index >= 15 is 0 Å². The van der Waals surface area contributed by atoms with E-state index in [1.807, 2.05) is 30.3 Å². The van der Waals surface area contributed by atoms with Gasteiger partial charge in [0.2, 0.25) is 0 Å². The maximum Gasteiger partial charge on any atom is 0.273 e. The van der Waals surface area contributed by atoms with Crippen LogP contribution < -0.4 is 21.1 Å². The number of nitrogens with zero attached hydrogens (tertiary/aromatic N) is 3. The Labute approximate surface area is 156 Å². The molecule has 1 amide bonds. The van der Waals surface area contributed by atoms with Gasteiger partial charge in [-0.05, 0) is 23.6 Å². The summed E-state index contributed by atoms with van der Waals surface area (Å²) < 4.78 is 1.37. The Morgan fingerprint density at radius 3 is 2.74 bits per heavy atom. The van der Waals surface area contributed by atoms with E-state index < -0.39 is 0 Å². The van der Waals surface area contributed by atoms with Gasteiger partial charge in [-0.1, -0.05) is 18.2 Å². The predicted octanol–water partition coefficient (Wildman–Crippen LogP) is 1.60. The maximum atomic E-state index is 12.8. The summed E-state index contributed by atoms with van der Waals surface area (Å²) in [5, 5.41) is 7.47. The number of hydrogen-bond acceptors (Lipinski definition) is 5. The molecule has 0 spiro atoms. The van der Waals surface area contributed by atoms with E-state index in [4.69, 9.17) is 0 Å². The first-order valence-corrected chi connectivity index (χ1v) is 8.95. The first-order chi connectivity index (χ1) is 13.1. The Morgan fingerprint density at radius 2 is 1.93 bits per heavy atom. The van der Waals surface area contributed by atoms with Crippen molar-refractivity contribution in [2.75, 3.05) is 36.4 Å². The summed E-state index contributed by atoms with van der Waals surface area (Å²) in [4.78, 5) is 31.8. The molecule has 27 heavy (non-hydrogen) atoms. The standard InChI is InChI=1S/C20H21N5O2/c1-24-17(12-14-4-2-3-5-16(14)20(24)27)19(26)23-18-13-15(6-7-22-18)25-10-8-21-9-11-25/h2-7,12-13,21H,8-11H2,1H3,(H,22,23,26). The minimum Gasteiger partial charge on any atom is -0.369 e. The normalized spacial score (nSPS) is 14.3. The van der Waals surface area contributed by atoms with Crippen LogP contribution in [0.25, 0.3) is 10.8 Å². The van der Waals surface area contributed by atoms with Gasteiger partial charge in [0.15, 0.2) is 0 Å². The number of amides is 1. The fourth-order valence-electron chi connectivity index (χ4n) is 3.36. The fraction of sp³-hybridized carbons (Fsp3) is 0.250. The van der Waals surface area contributed by atoms with Crippen LogP contribution in [-0.2, 0) is 7.05 Å². The molecule has 3 aromatic rings. The van der Waals surface area contributed by atoms with Crippen molar-refractivity contribution < 1.29 is 4.79 Å². The van der Waals surface area contributed by atoms with Gasteiger partial charge in [-0.15, -0.1) is 0 Å². The smallest absolute Gasteiger partial charge is 0.273 e. The van der Waals surface area contributed by atoms with Crippen LogP contribution in [0.5, 0.6) is 0 Å². The van der Waals surface area contributed by atoms with Crippen LogP contribution in [0.3, 0.4) is 0 Å². The number of aromatic nitrogens is 2. The molecule has 1 fully saturated rings. The van der Waals surface area contributed by atoms with Gasteiger partial charge in [-0.3, -0.25) is 9.59 Å². The number of pyridine rings is 2. The van der Waals surface area contributed by atoms with E-state index in [-0.39, 0.29) is 11.5 Å². The summed E-state index contributed by atoms with van der Waals surface area (Å²) in [5.74, 6) is 0.113. The summed E-state index contributed by atoms with van der Waals surface area (Å²) in [6.45, 7) is 3.69. The number of fused-ring (bicyclic) bond motifs is 1. The van der Waals surface area contributed by atoms with Crippen molar-refractivity contribution in [1.29, 1.82) is 0 Å². The van der Waals surface area contributed by atoms with Gasteiger partial charge in [0.1, 0.15) is 11.5 Å². The largest absolute Gasteiger partial charge is 0.369 e. The number of carbonyl (C=O) groups is 1. The highest BCUT2D eigenvalue weighted by Gasteiger charge is 2.15. The zero-order valence-electron chi connectivity index (χ0n) is 15.1. The molecule has 1 aliphatic heterocycles. The number of carbonyl (C=O) groups excluding carboxylic acids is 1. The molecule has 0 aliphatic carbocycles. The van der Waals surface area contributed by atoms with Crippen LogP contribution in [0.4, 0.5) is 11.5 Å². The first-order valence-electron chi connectivity index (χ1n) is 8.95. The number of benzene rings is 1. The molecule has 0 radical (unpaired) electrons. The second-order valence-electron chi connectivity index (χ2n) is 6.57. The predicted molar refractivity (Wildman–Crippen MR) is 106 cm³/mol. The van der Waals surface area contributed by atoms with Gasteiger partial charge in [0.25, 0.3) is 11.5 Å². The Hall–Kier alpha value is -3.19. The Balaban J connectivity index is 1.62. The molecular formula is C20H21N5O2. The highest BCUT2D eigenvalue weighted by Crippen LogP contribution is 2.19. The van der Waals surface area contributed by atoms with Crippen molar-refractivity contribution >= 4 is 28.2 Å². The number of piperazine rings is 1. The monoisotopic (exact) mass is 363 g/mol. The second kappa shape index (κ2) is 7.20. The summed E-state index contributed by atoms with van der Waals surface area (Å²) >= 11 is 0. The Kier molecular flexibility index (Phi) is 4.60. The van der Waals surface area contributed by atoms with Crippen molar-refractivity contribution in [3.8, 4) is 0 Å². The molecule has 138 valence electrons. The van der Waals surface area contributed by atoms with E-state index in [0.717, 1.165) is 37.3 Å². The zero-order chi connectivity index (χ0) is 18.8. The van der Waals surface area contributed by atoms with Gasteiger partial charge in [-0.25, -0.2) is 4.98 Å². The van der Waals surface area contributed by atoms with Crippen LogP contribution >= 0.6 is 0 Å². The van der Waals surface area contributed by atoms with Crippen LogP contribution in [0.2, 0.25) is 0 Å². The summed E-state index contributed by atoms with van der Waals surface area (Å²) in [6, 6.07) is 12.8. The molecule has 1 aromatic carbocycles. The quantitative estimate of drug-likeness (QED) is 0.739. The van der Waals surface area contributed by atoms with Gasteiger partial charge >= 0.3 is 0 Å². The zero-order valence-corrected chi connectivity index (χ0v) is 15.1. The van der Waals surface area contributed by atoms with E-state index in [1.54, 1.807) is 25.4 Å². The minimum atomic E-state index is -0.356. The van der Waals surface area contributed by atoms with Gasteiger partial charge in [0.05, 0.1) is 0 Å². The van der Waals surface area contributed by atoms with Gasteiger partial charge in [0, 0.05) is 56.6 Å². The molecule has 1 aliphatic rings. The Bertz CT molecular complexity index is 1050. The van der Waals surface area contributed by atoms with Crippen LogP contribution in [0, 0.1) is 0 Å². The molecule has 2 N–H and O–H groups in total. The number of anilines is 2. The lowest BCUT2D eigenvalue weighted by molar-refractivity contribution is 0.101. The van der Waals surface area contributed by atoms with Crippen molar-refractivity contribution in [2.45, 2.75) is 0 Å². The highest BCUT2D eigenvalue weighted by atomic mass is 16.2. The van der Waals surface area contributed by atoms with Gasteiger partial charge in [-0.2, -0.15) is 0 Å². The van der Waals surface area contributed by atoms with Crippen LogP contribution in [0.1, 0.15) is 10.5 Å². The van der Waals surface area contributed by atoms with Crippen molar-refractivity contribution in [3.63, 3.8) is 0 Å². The third-order valence-corrected chi connectivity index (χ3v) is 4.85. The molecule has 4 rings (SSSR count). The molecule has 1 saturated heterocycles. The van der Waals surface area contributed by atoms with E-state index in [1.165, 1.54) is 4.57 Å². The minimum absolute atomic E-state index is 0.194. The van der Waals surface area contributed by atoms with Crippen LogP contribution in [-0.4, -0.2) is 41.6 Å². The lowest BCUT2D eigenvalue weighted by Gasteiger charge is -2.29. The number of hydrogen-bond donors (Lipinski definition) is 2.